The quantitative estimate of drug-likeness (QED) is 0.457. The fraction of sp³-hybridized carbons (Fsp3) is 0.867. The highest BCUT2D eigenvalue weighted by atomic mass is 16.6. The first-order chi connectivity index (χ1) is 9.35. The van der Waals surface area contributed by atoms with Gasteiger partial charge in [-0.15, -0.1) is 0 Å². The molecular weight excluding hydrogens is 260 g/mol. The van der Waals surface area contributed by atoms with Crippen LogP contribution in [0.4, 0.5) is 0 Å². The number of carbonyl (C=O) groups is 2. The molecule has 0 aliphatic heterocycles. The molecule has 0 amide bonds. The molecule has 0 spiro atoms. The van der Waals surface area contributed by atoms with Gasteiger partial charge in [0.1, 0.15) is 18.8 Å². The third kappa shape index (κ3) is 13.3. The van der Waals surface area contributed by atoms with Gasteiger partial charge in [-0.3, -0.25) is 4.79 Å². The van der Waals surface area contributed by atoms with Gasteiger partial charge in [0, 0.05) is 6.42 Å². The van der Waals surface area contributed by atoms with Crippen molar-refractivity contribution in [2.75, 3.05) is 19.8 Å². The van der Waals surface area contributed by atoms with E-state index in [1.807, 2.05) is 0 Å². The van der Waals surface area contributed by atoms with E-state index in [1.54, 1.807) is 20.8 Å². The lowest BCUT2D eigenvalue weighted by atomic mass is 10.2. The lowest BCUT2D eigenvalue weighted by Crippen LogP contribution is -2.27. The normalized spacial score (nSPS) is 11.2. The molecule has 0 rings (SSSR count). The largest absolute Gasteiger partial charge is 0.463 e. The molecule has 0 unspecified atom stereocenters. The second-order valence-corrected chi connectivity index (χ2v) is 5.67. The van der Waals surface area contributed by atoms with Crippen molar-refractivity contribution in [1.82, 2.24) is 0 Å². The van der Waals surface area contributed by atoms with E-state index < -0.39 is 11.6 Å². The molecule has 5 nitrogen and oxygen atoms in total. The van der Waals surface area contributed by atoms with Crippen LogP contribution >= 0.6 is 0 Å². The van der Waals surface area contributed by atoms with E-state index in [9.17, 15) is 9.59 Å². The second kappa shape index (κ2) is 10.7. The molecule has 0 fully saturated rings. The molecule has 0 aliphatic rings. The Balaban J connectivity index is 3.43. The number of ether oxygens (including phenoxy) is 3. The first kappa shape index (κ1) is 18.9. The van der Waals surface area contributed by atoms with Crippen LogP contribution in [0.2, 0.25) is 0 Å². The predicted octanol–water partition coefficient (Wildman–Crippen LogP) is 2.86. The first-order valence-electron chi connectivity index (χ1n) is 7.30. The molecule has 20 heavy (non-hydrogen) atoms. The minimum absolute atomic E-state index is 0.120. The van der Waals surface area contributed by atoms with Gasteiger partial charge in [0.05, 0.1) is 6.61 Å². The number of unbranched alkanes of at least 4 members (excludes halogenated alkanes) is 3. The molecule has 0 aliphatic carbocycles. The van der Waals surface area contributed by atoms with E-state index >= 15 is 0 Å². The van der Waals surface area contributed by atoms with Crippen molar-refractivity contribution in [2.24, 2.45) is 0 Å². The van der Waals surface area contributed by atoms with Crippen LogP contribution in [-0.4, -0.2) is 37.4 Å². The maximum absolute atomic E-state index is 11.3. The standard InChI is InChI=1S/C15H28O5/c1-5-6-7-8-9-13(16)19-11-10-18-12-14(17)20-15(2,3)4/h5-12H2,1-4H3. The molecular formula is C15H28O5. The van der Waals surface area contributed by atoms with Gasteiger partial charge < -0.3 is 14.2 Å². The van der Waals surface area contributed by atoms with Crippen molar-refractivity contribution < 1.29 is 23.8 Å². The summed E-state index contributed by atoms with van der Waals surface area (Å²) in [5, 5.41) is 0. The Bertz CT molecular complexity index is 280. The van der Waals surface area contributed by atoms with Crippen LogP contribution in [0.15, 0.2) is 0 Å². The highest BCUT2D eigenvalue weighted by Crippen LogP contribution is 2.06. The fourth-order valence-corrected chi connectivity index (χ4v) is 1.51. The number of hydrogen-bond donors (Lipinski definition) is 0. The van der Waals surface area contributed by atoms with E-state index in [0.717, 1.165) is 25.7 Å². The Kier molecular flexibility index (Phi) is 10.1. The van der Waals surface area contributed by atoms with Crippen molar-refractivity contribution in [2.45, 2.75) is 65.4 Å². The van der Waals surface area contributed by atoms with Gasteiger partial charge in [-0.25, -0.2) is 4.79 Å². The summed E-state index contributed by atoms with van der Waals surface area (Å²) < 4.78 is 15.1. The molecule has 0 N–H and O–H groups in total. The number of rotatable bonds is 10. The maximum atomic E-state index is 11.3. The van der Waals surface area contributed by atoms with Crippen molar-refractivity contribution in [1.29, 1.82) is 0 Å². The smallest absolute Gasteiger partial charge is 0.332 e. The Hall–Kier alpha value is -1.10. The zero-order valence-corrected chi connectivity index (χ0v) is 13.2. The van der Waals surface area contributed by atoms with Crippen LogP contribution in [0.25, 0.3) is 0 Å². The summed E-state index contributed by atoms with van der Waals surface area (Å²) >= 11 is 0. The fourth-order valence-electron chi connectivity index (χ4n) is 1.51. The van der Waals surface area contributed by atoms with Crippen LogP contribution in [-0.2, 0) is 23.8 Å². The minimum Gasteiger partial charge on any atom is -0.463 e. The molecule has 0 aromatic heterocycles. The van der Waals surface area contributed by atoms with Crippen LogP contribution in [0.3, 0.4) is 0 Å². The van der Waals surface area contributed by atoms with Gasteiger partial charge in [-0.05, 0) is 27.2 Å². The molecule has 0 bridgehead atoms. The number of hydrogen-bond acceptors (Lipinski definition) is 5. The van der Waals surface area contributed by atoms with Crippen LogP contribution in [0.5, 0.6) is 0 Å². The lowest BCUT2D eigenvalue weighted by molar-refractivity contribution is -0.161. The predicted molar refractivity (Wildman–Crippen MR) is 76.4 cm³/mol. The molecule has 118 valence electrons. The third-order valence-corrected chi connectivity index (χ3v) is 2.37. The Morgan fingerprint density at radius 1 is 0.950 bits per heavy atom. The van der Waals surface area contributed by atoms with Gasteiger partial charge in [0.15, 0.2) is 0 Å². The summed E-state index contributed by atoms with van der Waals surface area (Å²) in [6.07, 6.45) is 4.66. The summed E-state index contributed by atoms with van der Waals surface area (Å²) in [6, 6.07) is 0. The molecule has 0 atom stereocenters. The van der Waals surface area contributed by atoms with Gasteiger partial charge in [0.2, 0.25) is 0 Å². The van der Waals surface area contributed by atoms with Gasteiger partial charge in [0.25, 0.3) is 0 Å². The monoisotopic (exact) mass is 288 g/mol. The average Bonchev–Trinajstić information content (AvgIpc) is 2.32. The van der Waals surface area contributed by atoms with E-state index in [1.165, 1.54) is 0 Å². The topological polar surface area (TPSA) is 61.8 Å². The van der Waals surface area contributed by atoms with Crippen molar-refractivity contribution in [3.8, 4) is 0 Å². The van der Waals surface area contributed by atoms with Crippen LogP contribution in [0, 0.1) is 0 Å². The highest BCUT2D eigenvalue weighted by molar-refractivity contribution is 5.71. The molecule has 5 heteroatoms. The van der Waals surface area contributed by atoms with Crippen molar-refractivity contribution in [3.63, 3.8) is 0 Å². The molecule has 0 aromatic rings. The minimum atomic E-state index is -0.509. The Morgan fingerprint density at radius 2 is 1.65 bits per heavy atom. The number of esters is 2. The van der Waals surface area contributed by atoms with Gasteiger partial charge in [-0.2, -0.15) is 0 Å². The zero-order valence-electron chi connectivity index (χ0n) is 13.2. The van der Waals surface area contributed by atoms with E-state index in [4.69, 9.17) is 14.2 Å². The van der Waals surface area contributed by atoms with Crippen molar-refractivity contribution >= 4 is 11.9 Å². The molecule has 0 radical (unpaired) electrons. The third-order valence-electron chi connectivity index (χ3n) is 2.37. The van der Waals surface area contributed by atoms with E-state index in [0.29, 0.717) is 6.42 Å². The number of carbonyl (C=O) groups excluding carboxylic acids is 2. The summed E-state index contributed by atoms with van der Waals surface area (Å²) in [5.74, 6) is -0.620. The SMILES string of the molecule is CCCCCCC(=O)OCCOCC(=O)OC(C)(C)C. The highest BCUT2D eigenvalue weighted by Gasteiger charge is 2.15. The molecule has 0 aromatic carbocycles. The average molecular weight is 288 g/mol. The summed E-state index contributed by atoms with van der Waals surface area (Å²) in [7, 11) is 0. The van der Waals surface area contributed by atoms with Gasteiger partial charge >= 0.3 is 11.9 Å². The Labute approximate surface area is 122 Å². The maximum Gasteiger partial charge on any atom is 0.332 e. The second-order valence-electron chi connectivity index (χ2n) is 5.67. The summed E-state index contributed by atoms with van der Waals surface area (Å²) in [6.45, 7) is 7.78. The zero-order chi connectivity index (χ0) is 15.4. The lowest BCUT2D eigenvalue weighted by Gasteiger charge is -2.19. The summed E-state index contributed by atoms with van der Waals surface area (Å²) in [5.41, 5.74) is -0.509. The summed E-state index contributed by atoms with van der Waals surface area (Å²) in [4.78, 5) is 22.6. The van der Waals surface area contributed by atoms with Crippen LogP contribution in [0.1, 0.15) is 59.8 Å². The van der Waals surface area contributed by atoms with Crippen LogP contribution < -0.4 is 0 Å². The van der Waals surface area contributed by atoms with Gasteiger partial charge in [-0.1, -0.05) is 26.2 Å². The Morgan fingerprint density at radius 3 is 2.25 bits per heavy atom. The molecule has 0 saturated carbocycles. The van der Waals surface area contributed by atoms with E-state index in [2.05, 4.69) is 6.92 Å². The van der Waals surface area contributed by atoms with E-state index in [-0.39, 0.29) is 25.8 Å². The first-order valence-corrected chi connectivity index (χ1v) is 7.30. The molecule has 0 saturated heterocycles. The van der Waals surface area contributed by atoms with Crippen molar-refractivity contribution in [3.05, 3.63) is 0 Å². The molecule has 0 heterocycles.